The molecule has 2 N–H and O–H groups in total. The second-order valence-electron chi connectivity index (χ2n) is 19.0. The third-order valence-electron chi connectivity index (χ3n) is 16.7. The number of aliphatic hydroxyl groups is 1. The number of hydrogen-bond acceptors (Lipinski definition) is 11. The predicted molar refractivity (Wildman–Crippen MR) is 226 cm³/mol. The van der Waals surface area contributed by atoms with Crippen molar-refractivity contribution in [3.63, 3.8) is 0 Å². The van der Waals surface area contributed by atoms with Gasteiger partial charge >= 0.3 is 17.9 Å². The molecule has 13 nitrogen and oxygen atoms in total. The number of rotatable bonds is 7. The number of amides is 1. The lowest BCUT2D eigenvalue weighted by Crippen LogP contribution is -2.81. The minimum absolute atomic E-state index is 0.160. The second-order valence-corrected chi connectivity index (χ2v) is 19.0. The number of benzene rings is 2. The van der Waals surface area contributed by atoms with Crippen LogP contribution >= 0.6 is 0 Å². The first-order valence-electron chi connectivity index (χ1n) is 22.3. The maximum absolute atomic E-state index is 15.5. The highest BCUT2D eigenvalue weighted by Gasteiger charge is 2.81. The van der Waals surface area contributed by atoms with Crippen LogP contribution in [0.1, 0.15) is 81.2 Å². The molecule has 11 atom stereocenters. The highest BCUT2D eigenvalue weighted by Crippen LogP contribution is 2.68. The van der Waals surface area contributed by atoms with Crippen LogP contribution in [0.2, 0.25) is 0 Å². The molecule has 4 fully saturated rings. The van der Waals surface area contributed by atoms with Crippen molar-refractivity contribution in [1.82, 2.24) is 14.8 Å². The van der Waals surface area contributed by atoms with Crippen LogP contribution in [0.3, 0.4) is 0 Å². The first-order valence-corrected chi connectivity index (χ1v) is 22.3. The smallest absolute Gasteiger partial charge is 0.344 e. The number of carbonyl (C=O) groups excluding carboxylic acids is 4. The Hall–Kier alpha value is -4.72. The Bertz CT molecular complexity index is 2340. The third-order valence-corrected chi connectivity index (χ3v) is 16.7. The Morgan fingerprint density at radius 2 is 1.74 bits per heavy atom. The van der Waals surface area contributed by atoms with E-state index in [1.807, 2.05) is 37.3 Å². The van der Waals surface area contributed by atoms with Gasteiger partial charge in [0.25, 0.3) is 0 Å². The maximum Gasteiger partial charge on any atom is 0.344 e. The van der Waals surface area contributed by atoms with E-state index in [4.69, 9.17) is 18.9 Å². The van der Waals surface area contributed by atoms with Crippen molar-refractivity contribution in [1.29, 1.82) is 0 Å². The van der Waals surface area contributed by atoms with Gasteiger partial charge in [0.05, 0.1) is 33.1 Å². The van der Waals surface area contributed by atoms with Crippen molar-refractivity contribution in [2.24, 2.45) is 23.2 Å². The predicted octanol–water partition coefficient (Wildman–Crippen LogP) is 4.79. The molecule has 324 valence electrons. The zero-order valence-electron chi connectivity index (χ0n) is 35.9. The van der Waals surface area contributed by atoms with E-state index < -0.39 is 57.9 Å². The summed E-state index contributed by atoms with van der Waals surface area (Å²) in [4.78, 5) is 67.0. The summed E-state index contributed by atoms with van der Waals surface area (Å²) in [5.74, 6) is -0.535. The maximum atomic E-state index is 15.5. The minimum Gasteiger partial charge on any atom is -0.496 e. The summed E-state index contributed by atoms with van der Waals surface area (Å²) in [6, 6.07) is 10.4. The zero-order chi connectivity index (χ0) is 42.6. The highest BCUT2D eigenvalue weighted by atomic mass is 16.6. The number of piperidine rings is 1. The average Bonchev–Trinajstić information content (AvgIpc) is 3.95. The normalized spacial score (nSPS) is 37.1. The summed E-state index contributed by atoms with van der Waals surface area (Å²) >= 11 is 0. The van der Waals surface area contributed by atoms with Crippen molar-refractivity contribution in [3.05, 3.63) is 70.9 Å². The molecule has 2 aromatic carbocycles. The molecule has 1 unspecified atom stereocenters. The molecule has 1 amide bonds. The molecule has 61 heavy (non-hydrogen) atoms. The van der Waals surface area contributed by atoms with Crippen LogP contribution in [0.5, 0.6) is 5.75 Å². The van der Waals surface area contributed by atoms with E-state index >= 15 is 4.79 Å². The van der Waals surface area contributed by atoms with E-state index in [1.54, 1.807) is 7.11 Å². The van der Waals surface area contributed by atoms with Crippen LogP contribution in [0.15, 0.2) is 48.6 Å². The van der Waals surface area contributed by atoms with Gasteiger partial charge in [-0.25, -0.2) is 4.79 Å². The van der Waals surface area contributed by atoms with Gasteiger partial charge in [0.2, 0.25) is 12.0 Å². The van der Waals surface area contributed by atoms with Crippen LogP contribution in [0, 0.1) is 23.2 Å². The molecule has 0 radical (unpaired) electrons. The number of aromatic nitrogens is 1. The molecule has 7 aliphatic rings. The van der Waals surface area contributed by atoms with Crippen molar-refractivity contribution in [2.75, 3.05) is 59.0 Å². The number of fused-ring (bicyclic) bond motifs is 8. The van der Waals surface area contributed by atoms with Crippen molar-refractivity contribution in [3.8, 4) is 5.75 Å². The van der Waals surface area contributed by atoms with E-state index in [0.29, 0.717) is 67.6 Å². The largest absolute Gasteiger partial charge is 0.496 e. The molecule has 10 rings (SSSR count). The van der Waals surface area contributed by atoms with Crippen molar-refractivity contribution < 1.29 is 43.2 Å². The standard InChI is InChI=1S/C48H58N4O9/c1-6-45-17-11-19-51-21-18-46(40(45)51)34-22-35(38(58-3)23-37(34)52(27-53)41(46)48(57,44(56)60-5)42(45)61-28(2)54)47(43(55)59-4)24-30-26-50(25-29-12-7-8-13-31(29)30)20-16-33-32-14-9-10-15-36(32)49-39(33)47/h9-11,14-15,17,22-23,27,29-31,40-42,49,57H,6-8,12-13,16,18-21,24-26H2,1-5H3/t29-,30-,31-,40-,41+,42+,45+,46+,47-,48-/m0/s1. The fourth-order valence-corrected chi connectivity index (χ4v) is 14.6. The van der Waals surface area contributed by atoms with Gasteiger partial charge in [-0.3, -0.25) is 19.3 Å². The molecular weight excluding hydrogens is 777 g/mol. The summed E-state index contributed by atoms with van der Waals surface area (Å²) < 4.78 is 24.0. The summed E-state index contributed by atoms with van der Waals surface area (Å²) in [5, 5.41) is 14.4. The summed E-state index contributed by atoms with van der Waals surface area (Å²) in [6.07, 6.45) is 10.0. The number of carbonyl (C=O) groups is 4. The monoisotopic (exact) mass is 834 g/mol. The quantitative estimate of drug-likeness (QED) is 0.146. The number of hydrogen-bond donors (Lipinski definition) is 2. The van der Waals surface area contributed by atoms with Gasteiger partial charge in [-0.15, -0.1) is 0 Å². The van der Waals surface area contributed by atoms with Gasteiger partial charge in [-0.1, -0.05) is 50.1 Å². The molecule has 2 aliphatic carbocycles. The fraction of sp³-hybridized carbons (Fsp3) is 0.583. The summed E-state index contributed by atoms with van der Waals surface area (Å²) in [6.45, 7) is 7.21. The second kappa shape index (κ2) is 14.4. The number of esters is 3. The molecule has 2 saturated heterocycles. The Kier molecular flexibility index (Phi) is 9.54. The van der Waals surface area contributed by atoms with E-state index in [-0.39, 0.29) is 5.92 Å². The lowest BCUT2D eigenvalue weighted by atomic mass is 9.47. The van der Waals surface area contributed by atoms with Gasteiger partial charge in [-0.05, 0) is 86.1 Å². The fourth-order valence-electron chi connectivity index (χ4n) is 14.6. The van der Waals surface area contributed by atoms with Crippen LogP contribution < -0.4 is 9.64 Å². The van der Waals surface area contributed by atoms with E-state index in [1.165, 1.54) is 38.9 Å². The van der Waals surface area contributed by atoms with Crippen molar-refractivity contribution in [2.45, 2.75) is 99.8 Å². The van der Waals surface area contributed by atoms with Crippen LogP contribution in [0.25, 0.3) is 10.9 Å². The number of aromatic amines is 1. The molecule has 13 heteroatoms. The molecule has 1 aromatic heterocycles. The number of H-pyrrole nitrogens is 1. The number of anilines is 1. The van der Waals surface area contributed by atoms with Crippen LogP contribution in [-0.2, 0) is 50.6 Å². The highest BCUT2D eigenvalue weighted by molar-refractivity contribution is 5.96. The van der Waals surface area contributed by atoms with Gasteiger partial charge in [0.15, 0.2) is 6.10 Å². The first kappa shape index (κ1) is 40.4. The average molecular weight is 835 g/mol. The number of methoxy groups -OCH3 is 3. The zero-order valence-corrected chi connectivity index (χ0v) is 35.9. The van der Waals surface area contributed by atoms with Gasteiger partial charge in [0.1, 0.15) is 11.2 Å². The first-order chi connectivity index (χ1) is 29.5. The Balaban J connectivity index is 1.29. The van der Waals surface area contributed by atoms with E-state index in [9.17, 15) is 19.5 Å². The molecular formula is C48H58N4O9. The van der Waals surface area contributed by atoms with E-state index in [2.05, 4.69) is 33.0 Å². The minimum atomic E-state index is -2.50. The molecule has 3 aromatic rings. The van der Waals surface area contributed by atoms with Crippen LogP contribution in [0.4, 0.5) is 5.69 Å². The Morgan fingerprint density at radius 3 is 2.48 bits per heavy atom. The van der Waals surface area contributed by atoms with Gasteiger partial charge in [-0.2, -0.15) is 0 Å². The molecule has 6 heterocycles. The van der Waals surface area contributed by atoms with Gasteiger partial charge in [0, 0.05) is 78.2 Å². The number of nitrogens with zero attached hydrogens (tertiary/aromatic N) is 3. The SMILES string of the molecule is CC[C@]12C=CCN3CC[C@@]4(c5cc([C@@]6(C(=O)OC)C[C@H]7CN(CCc8c6[nH]c6ccccc86)C[C@@H]6CCCC[C@H]76)c(OC)cc5N(C=O)[C@H]4[C@@](O)(C(=O)OC)[C@@H]1OC(C)=O)[C@@H]32. The van der Waals surface area contributed by atoms with E-state index in [0.717, 1.165) is 66.6 Å². The Labute approximate surface area is 356 Å². The number of nitrogens with one attached hydrogen (secondary N) is 1. The topological polar surface area (TPSA) is 151 Å². The lowest BCUT2D eigenvalue weighted by Gasteiger charge is -2.63. The van der Waals surface area contributed by atoms with Crippen molar-refractivity contribution >= 4 is 40.9 Å². The molecule has 5 aliphatic heterocycles. The Morgan fingerprint density at radius 1 is 0.967 bits per heavy atom. The number of ether oxygens (including phenoxy) is 4. The lowest BCUT2D eigenvalue weighted by molar-refractivity contribution is -0.228. The number of para-hydroxylation sites is 1. The summed E-state index contributed by atoms with van der Waals surface area (Å²) in [7, 11) is 4.24. The summed E-state index contributed by atoms with van der Waals surface area (Å²) in [5.41, 5.74) is -1.43. The molecule has 1 spiro atoms. The van der Waals surface area contributed by atoms with Gasteiger partial charge < -0.3 is 38.8 Å². The molecule has 2 saturated carbocycles. The third kappa shape index (κ3) is 5.23. The molecule has 2 bridgehead atoms. The van der Waals surface area contributed by atoms with Crippen LogP contribution in [-0.4, -0.2) is 122 Å².